The summed E-state index contributed by atoms with van der Waals surface area (Å²) in [5, 5.41) is 25.9. The lowest BCUT2D eigenvalue weighted by atomic mass is 10.2. The van der Waals surface area contributed by atoms with Gasteiger partial charge in [0.15, 0.2) is 5.69 Å². The van der Waals surface area contributed by atoms with Crippen LogP contribution < -0.4 is 5.32 Å². The van der Waals surface area contributed by atoms with Crippen molar-refractivity contribution in [3.05, 3.63) is 94.1 Å². The van der Waals surface area contributed by atoms with Gasteiger partial charge in [0, 0.05) is 18.3 Å². The van der Waals surface area contributed by atoms with Crippen molar-refractivity contribution in [1.29, 1.82) is 0 Å². The second-order valence-corrected chi connectivity index (χ2v) is 6.58. The fourth-order valence-corrected chi connectivity index (χ4v) is 3.00. The first-order valence-corrected chi connectivity index (χ1v) is 9.06. The van der Waals surface area contributed by atoms with E-state index in [4.69, 9.17) is 0 Å². The molecule has 2 aromatic heterocycles. The molecule has 0 fully saturated rings. The summed E-state index contributed by atoms with van der Waals surface area (Å²) in [6.07, 6.45) is 3.28. The molecule has 0 radical (unpaired) electrons. The van der Waals surface area contributed by atoms with E-state index in [1.165, 1.54) is 16.8 Å². The molecule has 4 aromatic rings. The second kappa shape index (κ2) is 7.95. The Morgan fingerprint density at radius 3 is 2.73 bits per heavy atom. The number of nitrogens with zero attached hydrogens (tertiary/aromatic N) is 6. The third-order valence-electron chi connectivity index (χ3n) is 4.47. The highest BCUT2D eigenvalue weighted by molar-refractivity contribution is 6.03. The number of benzene rings is 2. The number of hydrogen-bond acceptors (Lipinski definition) is 6. The van der Waals surface area contributed by atoms with Crippen LogP contribution in [0.25, 0.3) is 5.69 Å². The van der Waals surface area contributed by atoms with Crippen molar-refractivity contribution < 1.29 is 9.72 Å². The van der Waals surface area contributed by atoms with Crippen LogP contribution in [0.5, 0.6) is 0 Å². The smallest absolute Gasteiger partial charge is 0.278 e. The maximum absolute atomic E-state index is 12.7. The largest absolute Gasteiger partial charge is 0.318 e. The van der Waals surface area contributed by atoms with Crippen LogP contribution in [0.15, 0.2) is 67.0 Å². The fraction of sp³-hybridized carbons (Fsp3) is 0.100. The summed E-state index contributed by atoms with van der Waals surface area (Å²) >= 11 is 0. The van der Waals surface area contributed by atoms with Gasteiger partial charge in [-0.2, -0.15) is 5.10 Å². The van der Waals surface area contributed by atoms with E-state index >= 15 is 0 Å². The molecule has 0 aliphatic rings. The zero-order valence-electron chi connectivity index (χ0n) is 16.0. The van der Waals surface area contributed by atoms with Crippen molar-refractivity contribution in [3.8, 4) is 5.69 Å². The SMILES string of the molecule is Cc1c(C(=O)Nc2cnn(Cc3ccccc3)c2)nnn1-c1cccc([N+](=O)[O-])c1. The average Bonchev–Trinajstić information content (AvgIpc) is 3.35. The third-order valence-corrected chi connectivity index (χ3v) is 4.47. The van der Waals surface area contributed by atoms with Crippen LogP contribution in [0.4, 0.5) is 11.4 Å². The summed E-state index contributed by atoms with van der Waals surface area (Å²) in [5.41, 5.74) is 2.58. The van der Waals surface area contributed by atoms with E-state index in [1.54, 1.807) is 36.1 Å². The topological polar surface area (TPSA) is 121 Å². The number of non-ortho nitro benzene ring substituents is 1. The third kappa shape index (κ3) is 3.92. The Hall–Kier alpha value is -4.34. The average molecular weight is 403 g/mol. The van der Waals surface area contributed by atoms with E-state index in [9.17, 15) is 14.9 Å². The Labute approximate surface area is 170 Å². The Bertz CT molecular complexity index is 1210. The number of rotatable bonds is 6. The van der Waals surface area contributed by atoms with Crippen molar-refractivity contribution in [2.45, 2.75) is 13.5 Å². The van der Waals surface area contributed by atoms with Gasteiger partial charge in [0.2, 0.25) is 0 Å². The predicted octanol–water partition coefficient (Wildman–Crippen LogP) is 2.98. The molecular formula is C20H17N7O3. The molecule has 0 saturated heterocycles. The lowest BCUT2D eigenvalue weighted by molar-refractivity contribution is -0.384. The van der Waals surface area contributed by atoms with Gasteiger partial charge in [-0.15, -0.1) is 5.10 Å². The van der Waals surface area contributed by atoms with Gasteiger partial charge in [-0.25, -0.2) is 4.68 Å². The normalized spacial score (nSPS) is 10.7. The van der Waals surface area contributed by atoms with E-state index in [0.717, 1.165) is 5.56 Å². The molecule has 1 amide bonds. The van der Waals surface area contributed by atoms with Gasteiger partial charge < -0.3 is 5.32 Å². The number of nitro benzene ring substituents is 1. The highest BCUT2D eigenvalue weighted by atomic mass is 16.6. The number of amides is 1. The lowest BCUT2D eigenvalue weighted by Crippen LogP contribution is -2.14. The van der Waals surface area contributed by atoms with E-state index in [2.05, 4.69) is 20.7 Å². The molecule has 0 bridgehead atoms. The lowest BCUT2D eigenvalue weighted by Gasteiger charge is -2.04. The van der Waals surface area contributed by atoms with Gasteiger partial charge in [0.25, 0.3) is 11.6 Å². The molecule has 10 nitrogen and oxygen atoms in total. The van der Waals surface area contributed by atoms with Crippen molar-refractivity contribution in [2.24, 2.45) is 0 Å². The number of nitrogens with one attached hydrogen (secondary N) is 1. The maximum atomic E-state index is 12.7. The molecule has 0 unspecified atom stereocenters. The molecule has 150 valence electrons. The van der Waals surface area contributed by atoms with Crippen LogP contribution in [0.1, 0.15) is 21.7 Å². The summed E-state index contributed by atoms with van der Waals surface area (Å²) < 4.78 is 3.11. The molecule has 1 N–H and O–H groups in total. The van der Waals surface area contributed by atoms with Gasteiger partial charge >= 0.3 is 0 Å². The maximum Gasteiger partial charge on any atom is 0.278 e. The fourth-order valence-electron chi connectivity index (χ4n) is 3.00. The zero-order chi connectivity index (χ0) is 21.1. The molecule has 0 spiro atoms. The number of anilines is 1. The summed E-state index contributed by atoms with van der Waals surface area (Å²) in [7, 11) is 0. The van der Waals surface area contributed by atoms with E-state index < -0.39 is 10.8 Å². The Morgan fingerprint density at radius 1 is 1.17 bits per heavy atom. The van der Waals surface area contributed by atoms with Crippen molar-refractivity contribution >= 4 is 17.3 Å². The Balaban J connectivity index is 1.50. The minimum atomic E-state index is -0.490. The van der Waals surface area contributed by atoms with Crippen LogP contribution in [-0.2, 0) is 6.54 Å². The molecule has 2 aromatic carbocycles. The molecule has 0 aliphatic heterocycles. The Kier molecular flexibility index (Phi) is 5.04. The van der Waals surface area contributed by atoms with Crippen LogP contribution in [0.3, 0.4) is 0 Å². The minimum Gasteiger partial charge on any atom is -0.318 e. The molecule has 0 atom stereocenters. The van der Waals surface area contributed by atoms with Gasteiger partial charge in [-0.05, 0) is 18.6 Å². The number of aromatic nitrogens is 5. The standard InChI is InChI=1S/C20H17N7O3/c1-14-19(23-24-26(14)17-8-5-9-18(10-17)27(29)30)20(28)22-16-11-21-25(13-16)12-15-6-3-2-4-7-15/h2-11,13H,12H2,1H3,(H,22,28). The van der Waals surface area contributed by atoms with Crippen molar-refractivity contribution in [2.75, 3.05) is 5.32 Å². The van der Waals surface area contributed by atoms with Crippen LogP contribution in [0.2, 0.25) is 0 Å². The molecule has 10 heteroatoms. The quantitative estimate of drug-likeness (QED) is 0.390. The highest BCUT2D eigenvalue weighted by Crippen LogP contribution is 2.19. The number of hydrogen-bond donors (Lipinski definition) is 1. The van der Waals surface area contributed by atoms with E-state index in [0.29, 0.717) is 23.6 Å². The van der Waals surface area contributed by atoms with Gasteiger partial charge in [0.05, 0.1) is 34.7 Å². The van der Waals surface area contributed by atoms with E-state index in [1.807, 2.05) is 30.3 Å². The van der Waals surface area contributed by atoms with Crippen LogP contribution in [0, 0.1) is 17.0 Å². The van der Waals surface area contributed by atoms with Gasteiger partial charge in [0.1, 0.15) is 0 Å². The second-order valence-electron chi connectivity index (χ2n) is 6.58. The monoisotopic (exact) mass is 403 g/mol. The van der Waals surface area contributed by atoms with Crippen LogP contribution in [-0.4, -0.2) is 35.6 Å². The van der Waals surface area contributed by atoms with Crippen molar-refractivity contribution in [3.63, 3.8) is 0 Å². The number of carbonyl (C=O) groups excluding carboxylic acids is 1. The summed E-state index contributed by atoms with van der Waals surface area (Å²) in [4.78, 5) is 23.2. The summed E-state index contributed by atoms with van der Waals surface area (Å²) in [6, 6.07) is 15.8. The van der Waals surface area contributed by atoms with Gasteiger partial charge in [-0.3, -0.25) is 19.6 Å². The Morgan fingerprint density at radius 2 is 1.97 bits per heavy atom. The molecule has 30 heavy (non-hydrogen) atoms. The molecule has 0 saturated carbocycles. The summed E-state index contributed by atoms with van der Waals surface area (Å²) in [5.74, 6) is -0.441. The zero-order valence-corrected chi connectivity index (χ0v) is 16.0. The minimum absolute atomic E-state index is 0.0702. The van der Waals surface area contributed by atoms with Crippen molar-refractivity contribution in [1.82, 2.24) is 24.8 Å². The first-order valence-electron chi connectivity index (χ1n) is 9.06. The van der Waals surface area contributed by atoms with Crippen LogP contribution >= 0.6 is 0 Å². The molecule has 0 aliphatic carbocycles. The van der Waals surface area contributed by atoms with Gasteiger partial charge in [-0.1, -0.05) is 41.6 Å². The first-order chi connectivity index (χ1) is 14.5. The predicted molar refractivity (Wildman–Crippen MR) is 108 cm³/mol. The molecular weight excluding hydrogens is 386 g/mol. The highest BCUT2D eigenvalue weighted by Gasteiger charge is 2.19. The van der Waals surface area contributed by atoms with E-state index in [-0.39, 0.29) is 11.4 Å². The number of carbonyl (C=O) groups is 1. The number of nitro groups is 1. The molecule has 2 heterocycles. The summed E-state index contributed by atoms with van der Waals surface area (Å²) in [6.45, 7) is 2.26. The first kappa shape index (κ1) is 19.0. The molecule has 4 rings (SSSR count).